The number of hydrazine groups is 1. The molecule has 0 atom stereocenters. The number of nitrogens with one attached hydrogen (secondary N) is 2. The summed E-state index contributed by atoms with van der Waals surface area (Å²) in [5, 5.41) is 0. The van der Waals surface area contributed by atoms with E-state index in [0.29, 0.717) is 17.7 Å². The van der Waals surface area contributed by atoms with Crippen LogP contribution in [0, 0.1) is 5.92 Å². The third-order valence-electron chi connectivity index (χ3n) is 2.72. The summed E-state index contributed by atoms with van der Waals surface area (Å²) in [4.78, 5) is 34.2. The first-order valence-electron chi connectivity index (χ1n) is 6.78. The predicted octanol–water partition coefficient (Wildman–Crippen LogP) is 1.46. The van der Waals surface area contributed by atoms with E-state index in [1.165, 1.54) is 0 Å². The van der Waals surface area contributed by atoms with Gasteiger partial charge in [0.15, 0.2) is 12.4 Å². The van der Waals surface area contributed by atoms with Crippen LogP contribution in [0.1, 0.15) is 37.6 Å². The van der Waals surface area contributed by atoms with Gasteiger partial charge in [0.05, 0.1) is 0 Å². The zero-order chi connectivity index (χ0) is 15.8. The van der Waals surface area contributed by atoms with Crippen LogP contribution in [0.5, 0.6) is 5.75 Å². The summed E-state index contributed by atoms with van der Waals surface area (Å²) in [6, 6.07) is 6.56. The molecule has 0 unspecified atom stereocenters. The summed E-state index contributed by atoms with van der Waals surface area (Å²) in [5.74, 6) is -0.415. The number of amides is 2. The quantitative estimate of drug-likeness (QED) is 0.614. The van der Waals surface area contributed by atoms with Gasteiger partial charge in [0, 0.05) is 17.9 Å². The largest absolute Gasteiger partial charge is 0.484 e. The van der Waals surface area contributed by atoms with Crippen molar-refractivity contribution in [1.82, 2.24) is 10.9 Å². The van der Waals surface area contributed by atoms with Crippen LogP contribution in [0.15, 0.2) is 24.3 Å². The van der Waals surface area contributed by atoms with Gasteiger partial charge in [0.1, 0.15) is 5.75 Å². The van der Waals surface area contributed by atoms with Crippen LogP contribution in [0.2, 0.25) is 0 Å². The van der Waals surface area contributed by atoms with Crippen LogP contribution in [-0.4, -0.2) is 24.2 Å². The van der Waals surface area contributed by atoms with Crippen LogP contribution in [0.25, 0.3) is 0 Å². The molecule has 0 saturated carbocycles. The summed E-state index contributed by atoms with van der Waals surface area (Å²) in [6.07, 6.45) is 0.443. The Morgan fingerprint density at radius 3 is 2.24 bits per heavy atom. The Kier molecular flexibility index (Phi) is 6.39. The minimum atomic E-state index is -0.460. The first kappa shape index (κ1) is 16.7. The molecule has 1 aromatic rings. The number of rotatable bonds is 6. The average molecular weight is 292 g/mol. The lowest BCUT2D eigenvalue weighted by molar-refractivity contribution is -0.131. The Hall–Kier alpha value is -2.37. The van der Waals surface area contributed by atoms with E-state index in [4.69, 9.17) is 4.74 Å². The summed E-state index contributed by atoms with van der Waals surface area (Å²) in [7, 11) is 0. The molecule has 1 rings (SSSR count). The van der Waals surface area contributed by atoms with Crippen molar-refractivity contribution in [2.24, 2.45) is 5.92 Å². The minimum absolute atomic E-state index is 0.0516. The molecule has 21 heavy (non-hydrogen) atoms. The van der Waals surface area contributed by atoms with Gasteiger partial charge < -0.3 is 4.74 Å². The number of ether oxygens (including phenoxy) is 1. The topological polar surface area (TPSA) is 84.5 Å². The average Bonchev–Trinajstić information content (AvgIpc) is 2.50. The van der Waals surface area contributed by atoms with Crippen molar-refractivity contribution < 1.29 is 19.1 Å². The maximum absolute atomic E-state index is 11.5. The number of hydrogen-bond acceptors (Lipinski definition) is 4. The molecule has 0 bridgehead atoms. The van der Waals surface area contributed by atoms with E-state index < -0.39 is 5.91 Å². The normalized spacial score (nSPS) is 10.1. The first-order chi connectivity index (χ1) is 9.93. The summed E-state index contributed by atoms with van der Waals surface area (Å²) in [6.45, 7) is 5.01. The lowest BCUT2D eigenvalue weighted by Crippen LogP contribution is -2.45. The van der Waals surface area contributed by atoms with Gasteiger partial charge in [-0.05, 0) is 24.3 Å². The number of hydrogen-bond donors (Lipinski definition) is 2. The number of benzene rings is 1. The third kappa shape index (κ3) is 5.64. The van der Waals surface area contributed by atoms with Crippen molar-refractivity contribution in [3.63, 3.8) is 0 Å². The standard InChI is InChI=1S/C15H20N2O4/c1-4-13(18)11-5-7-12(8-6-11)21-9-14(19)16-17-15(20)10(2)3/h5-8,10H,4,9H2,1-3H3,(H,16,19)(H,17,20). The van der Waals surface area contributed by atoms with Crippen LogP contribution < -0.4 is 15.6 Å². The molecule has 114 valence electrons. The highest BCUT2D eigenvalue weighted by Gasteiger charge is 2.09. The van der Waals surface area contributed by atoms with Crippen molar-refractivity contribution >= 4 is 17.6 Å². The number of carbonyl (C=O) groups is 3. The maximum atomic E-state index is 11.5. The molecule has 2 N–H and O–H groups in total. The SMILES string of the molecule is CCC(=O)c1ccc(OCC(=O)NNC(=O)C(C)C)cc1. The predicted molar refractivity (Wildman–Crippen MR) is 77.7 cm³/mol. The molecule has 6 heteroatoms. The highest BCUT2D eigenvalue weighted by Crippen LogP contribution is 2.13. The third-order valence-corrected chi connectivity index (χ3v) is 2.72. The second-order valence-corrected chi connectivity index (χ2v) is 4.78. The highest BCUT2D eigenvalue weighted by molar-refractivity contribution is 5.95. The van der Waals surface area contributed by atoms with Crippen LogP contribution in [0.4, 0.5) is 0 Å². The molecule has 0 spiro atoms. The van der Waals surface area contributed by atoms with E-state index in [1.807, 2.05) is 0 Å². The Morgan fingerprint density at radius 2 is 1.71 bits per heavy atom. The van der Waals surface area contributed by atoms with Crippen molar-refractivity contribution in [2.45, 2.75) is 27.2 Å². The van der Waals surface area contributed by atoms with Gasteiger partial charge >= 0.3 is 0 Å². The molecule has 0 aromatic heterocycles. The van der Waals surface area contributed by atoms with Gasteiger partial charge in [-0.3, -0.25) is 25.2 Å². The Labute approximate surface area is 123 Å². The fraction of sp³-hybridized carbons (Fsp3) is 0.400. The van der Waals surface area contributed by atoms with Crippen molar-refractivity contribution in [1.29, 1.82) is 0 Å². The van der Waals surface area contributed by atoms with E-state index in [1.54, 1.807) is 45.0 Å². The highest BCUT2D eigenvalue weighted by atomic mass is 16.5. The molecule has 0 saturated heterocycles. The summed E-state index contributed by atoms with van der Waals surface area (Å²) >= 11 is 0. The molecule has 6 nitrogen and oxygen atoms in total. The van der Waals surface area contributed by atoms with Gasteiger partial charge in [-0.25, -0.2) is 0 Å². The van der Waals surface area contributed by atoms with E-state index in [0.717, 1.165) is 0 Å². The number of Topliss-reactive ketones (excluding diaryl/α,β-unsaturated/α-hetero) is 1. The van der Waals surface area contributed by atoms with Crippen molar-refractivity contribution in [3.8, 4) is 5.75 Å². The minimum Gasteiger partial charge on any atom is -0.484 e. The zero-order valence-corrected chi connectivity index (χ0v) is 12.4. The Morgan fingerprint density at radius 1 is 1.10 bits per heavy atom. The molecule has 0 heterocycles. The van der Waals surface area contributed by atoms with E-state index in [2.05, 4.69) is 10.9 Å². The van der Waals surface area contributed by atoms with E-state index >= 15 is 0 Å². The van der Waals surface area contributed by atoms with E-state index in [-0.39, 0.29) is 24.2 Å². The van der Waals surface area contributed by atoms with Gasteiger partial charge in [0.2, 0.25) is 5.91 Å². The second kappa shape index (κ2) is 8.04. The van der Waals surface area contributed by atoms with Gasteiger partial charge in [-0.1, -0.05) is 20.8 Å². The monoisotopic (exact) mass is 292 g/mol. The van der Waals surface area contributed by atoms with E-state index in [9.17, 15) is 14.4 Å². The molecule has 2 amide bonds. The summed E-state index contributed by atoms with van der Waals surface area (Å²) < 4.78 is 5.25. The molecule has 0 radical (unpaired) electrons. The smallest absolute Gasteiger partial charge is 0.276 e. The lowest BCUT2D eigenvalue weighted by Gasteiger charge is -2.10. The van der Waals surface area contributed by atoms with Gasteiger partial charge in [-0.15, -0.1) is 0 Å². The Balaban J connectivity index is 2.39. The molecule has 1 aromatic carbocycles. The van der Waals surface area contributed by atoms with Gasteiger partial charge in [-0.2, -0.15) is 0 Å². The van der Waals surface area contributed by atoms with Crippen LogP contribution in [0.3, 0.4) is 0 Å². The summed E-state index contributed by atoms with van der Waals surface area (Å²) in [5.41, 5.74) is 5.15. The number of carbonyl (C=O) groups excluding carboxylic acids is 3. The fourth-order valence-electron chi connectivity index (χ4n) is 1.40. The van der Waals surface area contributed by atoms with Crippen molar-refractivity contribution in [3.05, 3.63) is 29.8 Å². The van der Waals surface area contributed by atoms with Crippen LogP contribution in [-0.2, 0) is 9.59 Å². The second-order valence-electron chi connectivity index (χ2n) is 4.78. The molecule has 0 fully saturated rings. The van der Waals surface area contributed by atoms with Crippen molar-refractivity contribution in [2.75, 3.05) is 6.61 Å². The Bertz CT molecular complexity index is 509. The fourth-order valence-corrected chi connectivity index (χ4v) is 1.40. The lowest BCUT2D eigenvalue weighted by atomic mass is 10.1. The molecule has 0 aliphatic heterocycles. The van der Waals surface area contributed by atoms with Crippen LogP contribution >= 0.6 is 0 Å². The molecule has 0 aliphatic rings. The molecule has 0 aliphatic carbocycles. The van der Waals surface area contributed by atoms with Gasteiger partial charge in [0.25, 0.3) is 5.91 Å². The maximum Gasteiger partial charge on any atom is 0.276 e. The molecular weight excluding hydrogens is 272 g/mol. The zero-order valence-electron chi connectivity index (χ0n) is 12.4. The number of ketones is 1. The first-order valence-corrected chi connectivity index (χ1v) is 6.78. The molecular formula is C15H20N2O4.